The Morgan fingerprint density at radius 3 is 2.71 bits per heavy atom. The van der Waals surface area contributed by atoms with Crippen molar-refractivity contribution in [2.24, 2.45) is 0 Å². The van der Waals surface area contributed by atoms with E-state index in [0.29, 0.717) is 0 Å². The first kappa shape index (κ1) is 16.7. The minimum atomic E-state index is -0.438. The van der Waals surface area contributed by atoms with E-state index >= 15 is 0 Å². The van der Waals surface area contributed by atoms with Gasteiger partial charge in [0.1, 0.15) is 5.82 Å². The highest BCUT2D eigenvalue weighted by Gasteiger charge is 2.10. The number of hydrogen-bond donors (Lipinski definition) is 1. The molecule has 1 aromatic heterocycles. The summed E-state index contributed by atoms with van der Waals surface area (Å²) in [6.07, 6.45) is 0. The number of hydrogen-bond acceptors (Lipinski definition) is 4. The van der Waals surface area contributed by atoms with Crippen molar-refractivity contribution in [3.05, 3.63) is 65.3 Å². The van der Waals surface area contributed by atoms with Crippen LogP contribution >= 0.6 is 23.1 Å². The maximum Gasteiger partial charge on any atom is 0.234 e. The number of para-hydroxylation sites is 1. The summed E-state index contributed by atoms with van der Waals surface area (Å²) in [4.78, 5) is 16.5. The number of thiazole rings is 1. The number of nitrogens with zero attached hydrogens (tertiary/aromatic N) is 1. The van der Waals surface area contributed by atoms with Crippen LogP contribution in [0.1, 0.15) is 5.56 Å². The highest BCUT2D eigenvalue weighted by molar-refractivity contribution is 8.01. The maximum absolute atomic E-state index is 13.5. The molecule has 0 unspecified atom stereocenters. The Morgan fingerprint density at radius 2 is 1.96 bits per heavy atom. The molecule has 2 aromatic carbocycles. The molecule has 0 radical (unpaired) electrons. The summed E-state index contributed by atoms with van der Waals surface area (Å²) in [5.41, 5.74) is 3.35. The lowest BCUT2D eigenvalue weighted by atomic mass is 10.1. The average Bonchev–Trinajstić information content (AvgIpc) is 3.05. The fourth-order valence-electron chi connectivity index (χ4n) is 2.06. The molecule has 0 bridgehead atoms. The maximum atomic E-state index is 13.5. The van der Waals surface area contributed by atoms with E-state index in [1.54, 1.807) is 12.1 Å². The van der Waals surface area contributed by atoms with Crippen LogP contribution in [-0.4, -0.2) is 16.6 Å². The van der Waals surface area contributed by atoms with Gasteiger partial charge in [0.2, 0.25) is 5.91 Å². The second-order valence-electron chi connectivity index (χ2n) is 5.18. The number of aryl methyl sites for hydroxylation is 1. The first-order valence-electron chi connectivity index (χ1n) is 7.31. The SMILES string of the molecule is Cc1ccc(-c2csc(SCC(=O)Nc3ccccc3F)n2)cc1. The van der Waals surface area contributed by atoms with Crippen molar-refractivity contribution in [2.45, 2.75) is 11.3 Å². The van der Waals surface area contributed by atoms with E-state index in [2.05, 4.69) is 10.3 Å². The van der Waals surface area contributed by atoms with Crippen LogP contribution in [0.25, 0.3) is 11.3 Å². The lowest BCUT2D eigenvalue weighted by molar-refractivity contribution is -0.113. The standard InChI is InChI=1S/C18H15FN2OS2/c1-12-6-8-13(9-7-12)16-10-23-18(21-16)24-11-17(22)20-15-5-3-2-4-14(15)19/h2-10H,11H2,1H3,(H,20,22). The second kappa shape index (κ2) is 7.59. The summed E-state index contributed by atoms with van der Waals surface area (Å²) < 4.78 is 14.3. The van der Waals surface area contributed by atoms with Gasteiger partial charge in [-0.2, -0.15) is 0 Å². The second-order valence-corrected chi connectivity index (χ2v) is 7.26. The molecule has 1 N–H and O–H groups in total. The number of halogens is 1. The van der Waals surface area contributed by atoms with E-state index < -0.39 is 5.82 Å². The van der Waals surface area contributed by atoms with Gasteiger partial charge in [-0.3, -0.25) is 4.79 Å². The highest BCUT2D eigenvalue weighted by Crippen LogP contribution is 2.28. The Bertz CT molecular complexity index is 846. The Balaban J connectivity index is 1.58. The monoisotopic (exact) mass is 358 g/mol. The van der Waals surface area contributed by atoms with E-state index in [1.807, 2.05) is 36.6 Å². The zero-order chi connectivity index (χ0) is 16.9. The number of anilines is 1. The lowest BCUT2D eigenvalue weighted by Gasteiger charge is -2.04. The normalized spacial score (nSPS) is 10.6. The minimum Gasteiger partial charge on any atom is -0.323 e. The molecule has 0 aliphatic carbocycles. The molecule has 3 aromatic rings. The lowest BCUT2D eigenvalue weighted by Crippen LogP contribution is -2.14. The molecule has 0 aliphatic heterocycles. The number of aromatic nitrogens is 1. The van der Waals surface area contributed by atoms with Gasteiger partial charge in [0.05, 0.1) is 17.1 Å². The van der Waals surface area contributed by atoms with E-state index in [9.17, 15) is 9.18 Å². The Hall–Kier alpha value is -2.18. The molecule has 24 heavy (non-hydrogen) atoms. The number of benzene rings is 2. The van der Waals surface area contributed by atoms with Crippen LogP contribution in [-0.2, 0) is 4.79 Å². The van der Waals surface area contributed by atoms with Gasteiger partial charge in [0, 0.05) is 10.9 Å². The largest absolute Gasteiger partial charge is 0.323 e. The van der Waals surface area contributed by atoms with Gasteiger partial charge in [-0.25, -0.2) is 9.37 Å². The van der Waals surface area contributed by atoms with Crippen LogP contribution in [0.15, 0.2) is 58.3 Å². The summed E-state index contributed by atoms with van der Waals surface area (Å²) in [7, 11) is 0. The number of amides is 1. The Labute approximate surface area is 148 Å². The molecule has 0 aliphatic rings. The fraction of sp³-hybridized carbons (Fsp3) is 0.111. The van der Waals surface area contributed by atoms with Gasteiger partial charge in [0.25, 0.3) is 0 Å². The van der Waals surface area contributed by atoms with Crippen LogP contribution in [0.3, 0.4) is 0 Å². The van der Waals surface area contributed by atoms with Crippen molar-refractivity contribution in [2.75, 3.05) is 11.1 Å². The summed E-state index contributed by atoms with van der Waals surface area (Å²) in [5, 5.41) is 4.54. The molecular formula is C18H15FN2OS2. The van der Waals surface area contributed by atoms with Crippen molar-refractivity contribution in [3.63, 3.8) is 0 Å². The summed E-state index contributed by atoms with van der Waals surface area (Å²) in [5.74, 6) is -0.501. The van der Waals surface area contributed by atoms with Crippen LogP contribution in [0.4, 0.5) is 10.1 Å². The predicted octanol–water partition coefficient (Wildman–Crippen LogP) is 4.99. The van der Waals surface area contributed by atoms with Crippen molar-refractivity contribution in [1.29, 1.82) is 0 Å². The van der Waals surface area contributed by atoms with E-state index in [1.165, 1.54) is 40.8 Å². The van der Waals surface area contributed by atoms with Gasteiger partial charge < -0.3 is 5.32 Å². The third-order valence-electron chi connectivity index (χ3n) is 3.31. The Kier molecular flexibility index (Phi) is 5.27. The highest BCUT2D eigenvalue weighted by atomic mass is 32.2. The van der Waals surface area contributed by atoms with E-state index in [-0.39, 0.29) is 17.3 Å². The molecule has 1 heterocycles. The topological polar surface area (TPSA) is 42.0 Å². The van der Waals surface area contributed by atoms with Gasteiger partial charge in [-0.05, 0) is 19.1 Å². The molecule has 0 fully saturated rings. The molecule has 3 rings (SSSR count). The molecular weight excluding hydrogens is 343 g/mol. The van der Waals surface area contributed by atoms with Crippen molar-refractivity contribution in [3.8, 4) is 11.3 Å². The van der Waals surface area contributed by atoms with E-state index in [4.69, 9.17) is 0 Å². The summed E-state index contributed by atoms with van der Waals surface area (Å²) >= 11 is 2.84. The molecule has 1 amide bonds. The smallest absolute Gasteiger partial charge is 0.234 e. The first-order chi connectivity index (χ1) is 11.6. The number of nitrogens with one attached hydrogen (secondary N) is 1. The molecule has 0 spiro atoms. The summed E-state index contributed by atoms with van der Waals surface area (Å²) in [6.45, 7) is 2.04. The van der Waals surface area contributed by atoms with Crippen LogP contribution < -0.4 is 5.32 Å². The first-order valence-corrected chi connectivity index (χ1v) is 9.18. The molecule has 6 heteroatoms. The third-order valence-corrected chi connectivity index (χ3v) is 5.33. The minimum absolute atomic E-state index is 0.190. The number of thioether (sulfide) groups is 1. The van der Waals surface area contributed by atoms with Crippen molar-refractivity contribution >= 4 is 34.7 Å². The molecule has 122 valence electrons. The van der Waals surface area contributed by atoms with Crippen molar-refractivity contribution < 1.29 is 9.18 Å². The molecule has 0 saturated heterocycles. The fourth-order valence-corrected chi connectivity index (χ4v) is 3.69. The average molecular weight is 358 g/mol. The molecule has 0 saturated carbocycles. The zero-order valence-corrected chi connectivity index (χ0v) is 14.6. The zero-order valence-electron chi connectivity index (χ0n) is 13.0. The quantitative estimate of drug-likeness (QED) is 0.654. The molecule has 3 nitrogen and oxygen atoms in total. The van der Waals surface area contributed by atoms with Gasteiger partial charge in [0.15, 0.2) is 4.34 Å². The number of carbonyl (C=O) groups is 1. The van der Waals surface area contributed by atoms with Crippen LogP contribution in [0, 0.1) is 12.7 Å². The van der Waals surface area contributed by atoms with Crippen LogP contribution in [0.2, 0.25) is 0 Å². The van der Waals surface area contributed by atoms with Gasteiger partial charge in [-0.1, -0.05) is 53.7 Å². The van der Waals surface area contributed by atoms with Crippen LogP contribution in [0.5, 0.6) is 0 Å². The molecule has 0 atom stereocenters. The van der Waals surface area contributed by atoms with E-state index in [0.717, 1.165) is 15.6 Å². The number of carbonyl (C=O) groups excluding carboxylic acids is 1. The number of rotatable bonds is 5. The van der Waals surface area contributed by atoms with Crippen molar-refractivity contribution in [1.82, 2.24) is 4.98 Å². The summed E-state index contributed by atoms with van der Waals surface area (Å²) in [6, 6.07) is 14.3. The van der Waals surface area contributed by atoms with Gasteiger partial charge >= 0.3 is 0 Å². The van der Waals surface area contributed by atoms with Gasteiger partial charge in [-0.15, -0.1) is 11.3 Å². The predicted molar refractivity (Wildman–Crippen MR) is 98.0 cm³/mol. The third kappa shape index (κ3) is 4.21. The Morgan fingerprint density at radius 1 is 1.21 bits per heavy atom.